The molecule has 0 fully saturated rings. The highest BCUT2D eigenvalue weighted by molar-refractivity contribution is 7.48. The van der Waals surface area contributed by atoms with Crippen molar-refractivity contribution in [3.63, 3.8) is 0 Å². The highest BCUT2D eigenvalue weighted by atomic mass is 32.2. The van der Waals surface area contributed by atoms with Gasteiger partial charge in [0.25, 0.3) is 0 Å². The van der Waals surface area contributed by atoms with Crippen molar-refractivity contribution in [1.82, 2.24) is 0 Å². The first-order valence-corrected chi connectivity index (χ1v) is 4.04. The number of aromatic carboxylic acids is 1. The van der Waals surface area contributed by atoms with Gasteiger partial charge in [-0.3, -0.25) is 0 Å². The van der Waals surface area contributed by atoms with Crippen molar-refractivity contribution in [3.8, 4) is 0 Å². The van der Waals surface area contributed by atoms with Crippen LogP contribution in [0.15, 0.2) is 16.8 Å². The summed E-state index contributed by atoms with van der Waals surface area (Å²) in [6.07, 6.45) is 0. The van der Waals surface area contributed by atoms with Crippen LogP contribution in [0, 0.1) is 0 Å². The molecule has 1 rings (SSSR count). The standard InChI is InChI=1S/C6H4O4S/c7-5(8)4-1-2-11(3-4)6(9)10/h1-3H,(H-,7,8,9,10)/p+1. The molecule has 0 saturated carbocycles. The molecule has 11 heavy (non-hydrogen) atoms. The highest BCUT2D eigenvalue weighted by Crippen LogP contribution is 2.20. The summed E-state index contributed by atoms with van der Waals surface area (Å²) < 4.78 is 0. The zero-order valence-electron chi connectivity index (χ0n) is 5.35. The van der Waals surface area contributed by atoms with E-state index in [0.717, 1.165) is 0 Å². The second kappa shape index (κ2) is 2.71. The second-order valence-corrected chi connectivity index (χ2v) is 3.42. The summed E-state index contributed by atoms with van der Waals surface area (Å²) >= 11 is 0. The van der Waals surface area contributed by atoms with Crippen LogP contribution in [0.2, 0.25) is 0 Å². The van der Waals surface area contributed by atoms with Gasteiger partial charge in [-0.25, -0.2) is 4.79 Å². The topological polar surface area (TPSA) is 74.6 Å². The summed E-state index contributed by atoms with van der Waals surface area (Å²) in [6, 6.07) is 1.31. The van der Waals surface area contributed by atoms with Gasteiger partial charge in [-0.2, -0.15) is 4.79 Å². The molecule has 1 aromatic rings. The van der Waals surface area contributed by atoms with Crippen LogP contribution in [0.4, 0.5) is 4.79 Å². The van der Waals surface area contributed by atoms with Crippen LogP contribution in [0.5, 0.6) is 0 Å². The minimum absolute atomic E-state index is 0.0516. The van der Waals surface area contributed by atoms with Gasteiger partial charge < -0.3 is 10.2 Å². The Morgan fingerprint density at radius 3 is 2.27 bits per heavy atom. The Hall–Kier alpha value is -1.36. The molecule has 5 heteroatoms. The molecule has 0 aromatic carbocycles. The van der Waals surface area contributed by atoms with Gasteiger partial charge in [0.05, 0.1) is 10.5 Å². The first-order chi connectivity index (χ1) is 5.11. The van der Waals surface area contributed by atoms with Gasteiger partial charge in [-0.1, -0.05) is 0 Å². The molecule has 0 amide bonds. The van der Waals surface area contributed by atoms with Crippen LogP contribution in [-0.2, 0) is 0 Å². The molecule has 0 aliphatic carbocycles. The molecule has 1 heterocycles. The molecule has 4 nitrogen and oxygen atoms in total. The van der Waals surface area contributed by atoms with Crippen LogP contribution in [0.1, 0.15) is 10.4 Å². The van der Waals surface area contributed by atoms with Crippen LogP contribution in [0.3, 0.4) is 0 Å². The van der Waals surface area contributed by atoms with Crippen molar-refractivity contribution < 1.29 is 19.8 Å². The highest BCUT2D eigenvalue weighted by Gasteiger charge is 2.18. The van der Waals surface area contributed by atoms with Crippen molar-refractivity contribution >= 4 is 21.7 Å². The molecule has 58 valence electrons. The predicted molar refractivity (Wildman–Crippen MR) is 39.3 cm³/mol. The van der Waals surface area contributed by atoms with E-state index in [1.807, 2.05) is 0 Å². The molecular formula is C6H5O4S+. The lowest BCUT2D eigenvalue weighted by Crippen LogP contribution is -1.91. The van der Waals surface area contributed by atoms with Crippen LogP contribution < -0.4 is 0 Å². The average molecular weight is 173 g/mol. The molecule has 1 aromatic heterocycles. The molecule has 1 unspecified atom stereocenters. The van der Waals surface area contributed by atoms with Crippen LogP contribution >= 0.6 is 10.5 Å². The fourth-order valence-electron chi connectivity index (χ4n) is 0.592. The number of hydrogen-bond acceptors (Lipinski definition) is 2. The summed E-state index contributed by atoms with van der Waals surface area (Å²) in [5.74, 6) is -1.09. The van der Waals surface area contributed by atoms with E-state index in [9.17, 15) is 9.59 Å². The maximum Gasteiger partial charge on any atom is 0.551 e. The van der Waals surface area contributed by atoms with Crippen molar-refractivity contribution in [2.45, 2.75) is 0 Å². The Morgan fingerprint density at radius 2 is 2.00 bits per heavy atom. The summed E-state index contributed by atoms with van der Waals surface area (Å²) in [5.41, 5.74) is 0.0516. The largest absolute Gasteiger partial charge is 0.551 e. The van der Waals surface area contributed by atoms with Crippen molar-refractivity contribution in [3.05, 3.63) is 22.4 Å². The van der Waals surface area contributed by atoms with Crippen molar-refractivity contribution in [2.75, 3.05) is 0 Å². The van der Waals surface area contributed by atoms with E-state index in [1.165, 1.54) is 16.8 Å². The maximum atomic E-state index is 10.3. The Bertz CT molecular complexity index is 273. The third kappa shape index (κ3) is 1.56. The number of carboxylic acid groups (broad SMARTS) is 2. The van der Waals surface area contributed by atoms with E-state index in [4.69, 9.17) is 10.2 Å². The second-order valence-electron chi connectivity index (χ2n) is 1.82. The SMILES string of the molecule is O=C(O)c1cc[s+](C(=O)O)c1. The summed E-state index contributed by atoms with van der Waals surface area (Å²) in [6.45, 7) is 0. The molecule has 1 atom stereocenters. The minimum Gasteiger partial charge on any atom is -0.478 e. The van der Waals surface area contributed by atoms with E-state index >= 15 is 0 Å². The monoisotopic (exact) mass is 173 g/mol. The van der Waals surface area contributed by atoms with Crippen molar-refractivity contribution in [1.29, 1.82) is 0 Å². The van der Waals surface area contributed by atoms with Crippen LogP contribution in [-0.4, -0.2) is 21.5 Å². The molecule has 0 radical (unpaired) electrons. The summed E-state index contributed by atoms with van der Waals surface area (Å²) in [5, 5.41) is 18.4. The van der Waals surface area contributed by atoms with Gasteiger partial charge in [0.15, 0.2) is 10.8 Å². The number of thiophene rings is 1. The van der Waals surface area contributed by atoms with E-state index in [-0.39, 0.29) is 5.56 Å². The lowest BCUT2D eigenvalue weighted by atomic mass is 10.4. The van der Waals surface area contributed by atoms with Gasteiger partial charge in [0.2, 0.25) is 0 Å². The van der Waals surface area contributed by atoms with Crippen LogP contribution in [0.25, 0.3) is 0 Å². The minimum atomic E-state index is -1.09. The molecule has 0 saturated heterocycles. The van der Waals surface area contributed by atoms with Gasteiger partial charge in [-0.05, 0) is 0 Å². The van der Waals surface area contributed by atoms with E-state index in [1.54, 1.807) is 0 Å². The summed E-state index contributed by atoms with van der Waals surface area (Å²) in [4.78, 5) is 20.6. The third-order valence-corrected chi connectivity index (χ3v) is 2.44. The Balaban J connectivity index is 2.99. The summed E-state index contributed by atoms with van der Waals surface area (Å²) in [7, 11) is -1.04. The normalized spacial score (nSPS) is 11.1. The smallest absolute Gasteiger partial charge is 0.478 e. The molecular weight excluding hydrogens is 168 g/mol. The quantitative estimate of drug-likeness (QED) is 0.667. The zero-order valence-corrected chi connectivity index (χ0v) is 6.17. The first-order valence-electron chi connectivity index (χ1n) is 2.69. The Kier molecular flexibility index (Phi) is 1.91. The fourth-order valence-corrected chi connectivity index (χ4v) is 1.63. The first kappa shape index (κ1) is 7.74. The third-order valence-electron chi connectivity index (χ3n) is 1.10. The number of carboxylic acids is 1. The molecule has 0 bridgehead atoms. The zero-order chi connectivity index (χ0) is 8.43. The number of rotatable bonds is 2. The van der Waals surface area contributed by atoms with Crippen molar-refractivity contribution in [2.24, 2.45) is 0 Å². The number of carbonyl (C=O) groups is 2. The maximum absolute atomic E-state index is 10.3. The predicted octanol–water partition coefficient (Wildman–Crippen LogP) is 1.66. The lowest BCUT2D eigenvalue weighted by molar-refractivity contribution is 0.0697. The van der Waals surface area contributed by atoms with Gasteiger partial charge in [-0.15, -0.1) is 0 Å². The average Bonchev–Trinajstić information content (AvgIpc) is 2.33. The van der Waals surface area contributed by atoms with E-state index in [2.05, 4.69) is 0 Å². The Labute approximate surface area is 64.7 Å². The molecule has 0 aliphatic heterocycles. The van der Waals surface area contributed by atoms with Gasteiger partial charge in [0, 0.05) is 6.07 Å². The fraction of sp³-hybridized carbons (Fsp3) is 0. The molecule has 0 spiro atoms. The number of hydrogen-bond donors (Lipinski definition) is 2. The molecule has 0 aliphatic rings. The lowest BCUT2D eigenvalue weighted by Gasteiger charge is -1.77. The molecule has 2 N–H and O–H groups in total. The van der Waals surface area contributed by atoms with E-state index < -0.39 is 21.7 Å². The van der Waals surface area contributed by atoms with Gasteiger partial charge in [0.1, 0.15) is 5.56 Å². The van der Waals surface area contributed by atoms with E-state index in [0.29, 0.717) is 0 Å². The van der Waals surface area contributed by atoms with Gasteiger partial charge >= 0.3 is 11.3 Å². The Morgan fingerprint density at radius 1 is 1.36 bits per heavy atom.